The van der Waals surface area contributed by atoms with Gasteiger partial charge in [-0.05, 0) is 36.4 Å². The summed E-state index contributed by atoms with van der Waals surface area (Å²) in [6.07, 6.45) is 0. The van der Waals surface area contributed by atoms with E-state index in [1.165, 1.54) is 0 Å². The first-order valence-electron chi connectivity index (χ1n) is 5.50. The maximum absolute atomic E-state index is 6.11. The standard InChI is InChI=1S/C14H11Br2ClO2/c1-18-13-4-2-10(15)6-9(13)8-19-14-5-3-11(16)7-12(14)17/h2-7H,8H2,1H3. The van der Waals surface area contributed by atoms with Gasteiger partial charge < -0.3 is 9.47 Å². The van der Waals surface area contributed by atoms with Crippen molar-refractivity contribution in [3.8, 4) is 11.5 Å². The second kappa shape index (κ2) is 6.64. The van der Waals surface area contributed by atoms with E-state index in [4.69, 9.17) is 21.1 Å². The Hall–Kier alpha value is -0.710. The predicted molar refractivity (Wildman–Crippen MR) is 84.2 cm³/mol. The van der Waals surface area contributed by atoms with Gasteiger partial charge in [-0.1, -0.05) is 43.5 Å². The number of rotatable bonds is 4. The summed E-state index contributed by atoms with van der Waals surface area (Å²) in [7, 11) is 1.64. The van der Waals surface area contributed by atoms with Crippen molar-refractivity contribution in [2.75, 3.05) is 7.11 Å². The van der Waals surface area contributed by atoms with Crippen LogP contribution in [-0.2, 0) is 6.61 Å². The number of hydrogen-bond acceptors (Lipinski definition) is 2. The molecule has 0 radical (unpaired) electrons. The van der Waals surface area contributed by atoms with E-state index in [9.17, 15) is 0 Å². The van der Waals surface area contributed by atoms with Crippen LogP contribution in [0.25, 0.3) is 0 Å². The molecule has 19 heavy (non-hydrogen) atoms. The van der Waals surface area contributed by atoms with Crippen molar-refractivity contribution in [1.82, 2.24) is 0 Å². The van der Waals surface area contributed by atoms with E-state index in [1.807, 2.05) is 30.3 Å². The molecular formula is C14H11Br2ClO2. The molecule has 100 valence electrons. The average molecular weight is 407 g/mol. The largest absolute Gasteiger partial charge is 0.496 e. The van der Waals surface area contributed by atoms with Crippen LogP contribution in [-0.4, -0.2) is 7.11 Å². The third-order valence-corrected chi connectivity index (χ3v) is 3.80. The highest BCUT2D eigenvalue weighted by atomic mass is 79.9. The molecule has 0 N–H and O–H groups in total. The van der Waals surface area contributed by atoms with Crippen LogP contribution in [0.5, 0.6) is 11.5 Å². The molecule has 0 saturated carbocycles. The van der Waals surface area contributed by atoms with Crippen LogP contribution in [0.1, 0.15) is 5.56 Å². The lowest BCUT2D eigenvalue weighted by atomic mass is 10.2. The van der Waals surface area contributed by atoms with Crippen molar-refractivity contribution in [2.24, 2.45) is 0 Å². The Balaban J connectivity index is 2.16. The molecule has 0 heterocycles. The molecule has 2 nitrogen and oxygen atoms in total. The van der Waals surface area contributed by atoms with E-state index < -0.39 is 0 Å². The van der Waals surface area contributed by atoms with E-state index in [1.54, 1.807) is 13.2 Å². The minimum absolute atomic E-state index is 0.393. The van der Waals surface area contributed by atoms with Gasteiger partial charge in [-0.3, -0.25) is 0 Å². The normalized spacial score (nSPS) is 10.3. The second-order valence-electron chi connectivity index (χ2n) is 3.82. The Morgan fingerprint density at radius 3 is 2.26 bits per heavy atom. The molecule has 0 spiro atoms. The molecule has 2 rings (SSSR count). The molecule has 0 amide bonds. The summed E-state index contributed by atoms with van der Waals surface area (Å²) in [5, 5.41) is 0.573. The van der Waals surface area contributed by atoms with E-state index in [2.05, 4.69) is 31.9 Å². The summed E-state index contributed by atoms with van der Waals surface area (Å²) in [5.41, 5.74) is 0.955. The fourth-order valence-electron chi connectivity index (χ4n) is 1.61. The predicted octanol–water partition coefficient (Wildman–Crippen LogP) is 5.45. The first kappa shape index (κ1) is 14.7. The zero-order valence-electron chi connectivity index (χ0n) is 10.1. The molecule has 0 unspecified atom stereocenters. The van der Waals surface area contributed by atoms with Crippen LogP contribution in [0.2, 0.25) is 5.02 Å². The first-order valence-corrected chi connectivity index (χ1v) is 7.47. The highest BCUT2D eigenvalue weighted by Crippen LogP contribution is 2.30. The SMILES string of the molecule is COc1ccc(Br)cc1COc1ccc(Br)cc1Cl. The summed E-state index contributed by atoms with van der Waals surface area (Å²) in [6, 6.07) is 11.3. The van der Waals surface area contributed by atoms with Gasteiger partial charge in [0.05, 0.1) is 12.1 Å². The van der Waals surface area contributed by atoms with E-state index in [-0.39, 0.29) is 0 Å². The summed E-state index contributed by atoms with van der Waals surface area (Å²) in [4.78, 5) is 0. The molecule has 0 aliphatic heterocycles. The number of hydrogen-bond donors (Lipinski definition) is 0. The van der Waals surface area contributed by atoms with E-state index >= 15 is 0 Å². The van der Waals surface area contributed by atoms with E-state index in [0.717, 1.165) is 20.3 Å². The number of halogens is 3. The monoisotopic (exact) mass is 404 g/mol. The maximum atomic E-state index is 6.11. The molecule has 5 heteroatoms. The number of ether oxygens (including phenoxy) is 2. The van der Waals surface area contributed by atoms with Gasteiger partial charge in [0.2, 0.25) is 0 Å². The van der Waals surface area contributed by atoms with Crippen LogP contribution < -0.4 is 9.47 Å². The van der Waals surface area contributed by atoms with Crippen LogP contribution >= 0.6 is 43.5 Å². The molecular weight excluding hydrogens is 395 g/mol. The number of benzene rings is 2. The second-order valence-corrected chi connectivity index (χ2v) is 6.06. The Bertz CT molecular complexity index is 588. The van der Waals surface area contributed by atoms with Crippen LogP contribution in [0.15, 0.2) is 45.3 Å². The third-order valence-electron chi connectivity index (χ3n) is 2.52. The Kier molecular flexibility index (Phi) is 5.13. The molecule has 2 aromatic rings. The molecule has 0 aliphatic rings. The summed E-state index contributed by atoms with van der Waals surface area (Å²) < 4.78 is 12.9. The zero-order valence-corrected chi connectivity index (χ0v) is 14.0. The molecule has 0 aliphatic carbocycles. The molecule has 0 bridgehead atoms. The van der Waals surface area contributed by atoms with Gasteiger partial charge in [-0.15, -0.1) is 0 Å². The van der Waals surface area contributed by atoms with Crippen LogP contribution in [0.4, 0.5) is 0 Å². The summed E-state index contributed by atoms with van der Waals surface area (Å²) >= 11 is 12.9. The highest BCUT2D eigenvalue weighted by Gasteiger charge is 2.07. The van der Waals surface area contributed by atoms with Gasteiger partial charge in [0.15, 0.2) is 0 Å². The van der Waals surface area contributed by atoms with Crippen LogP contribution in [0, 0.1) is 0 Å². The highest BCUT2D eigenvalue weighted by molar-refractivity contribution is 9.10. The zero-order chi connectivity index (χ0) is 13.8. The summed E-state index contributed by atoms with van der Waals surface area (Å²) in [6.45, 7) is 0.393. The molecule has 2 aromatic carbocycles. The Morgan fingerprint density at radius 1 is 1.00 bits per heavy atom. The van der Waals surface area contributed by atoms with Gasteiger partial charge in [-0.2, -0.15) is 0 Å². The van der Waals surface area contributed by atoms with E-state index in [0.29, 0.717) is 17.4 Å². The average Bonchev–Trinajstić information content (AvgIpc) is 2.38. The maximum Gasteiger partial charge on any atom is 0.138 e. The fraction of sp³-hybridized carbons (Fsp3) is 0.143. The summed E-state index contributed by atoms with van der Waals surface area (Å²) in [5.74, 6) is 1.43. The van der Waals surface area contributed by atoms with Gasteiger partial charge in [0, 0.05) is 14.5 Å². The van der Waals surface area contributed by atoms with Crippen molar-refractivity contribution in [1.29, 1.82) is 0 Å². The lowest BCUT2D eigenvalue weighted by molar-refractivity contribution is 0.296. The van der Waals surface area contributed by atoms with Crippen molar-refractivity contribution < 1.29 is 9.47 Å². The Morgan fingerprint density at radius 2 is 1.63 bits per heavy atom. The smallest absolute Gasteiger partial charge is 0.138 e. The third kappa shape index (κ3) is 3.88. The van der Waals surface area contributed by atoms with Crippen molar-refractivity contribution >= 4 is 43.5 Å². The first-order chi connectivity index (χ1) is 9.10. The lowest BCUT2D eigenvalue weighted by Gasteiger charge is -2.11. The molecule has 0 atom stereocenters. The quantitative estimate of drug-likeness (QED) is 0.672. The fourth-order valence-corrected chi connectivity index (χ4v) is 2.74. The van der Waals surface area contributed by atoms with Gasteiger partial charge >= 0.3 is 0 Å². The lowest BCUT2D eigenvalue weighted by Crippen LogP contribution is -1.99. The number of methoxy groups -OCH3 is 1. The molecule has 0 saturated heterocycles. The van der Waals surface area contributed by atoms with Gasteiger partial charge in [-0.25, -0.2) is 0 Å². The topological polar surface area (TPSA) is 18.5 Å². The Labute approximate surface area is 133 Å². The molecule has 0 aromatic heterocycles. The minimum atomic E-state index is 0.393. The molecule has 0 fully saturated rings. The van der Waals surface area contributed by atoms with Crippen molar-refractivity contribution in [2.45, 2.75) is 6.61 Å². The van der Waals surface area contributed by atoms with Crippen molar-refractivity contribution in [3.63, 3.8) is 0 Å². The van der Waals surface area contributed by atoms with Crippen LogP contribution in [0.3, 0.4) is 0 Å². The van der Waals surface area contributed by atoms with Gasteiger partial charge in [0.25, 0.3) is 0 Å². The van der Waals surface area contributed by atoms with Gasteiger partial charge in [0.1, 0.15) is 18.1 Å². The minimum Gasteiger partial charge on any atom is -0.496 e. The van der Waals surface area contributed by atoms with Crippen molar-refractivity contribution in [3.05, 3.63) is 55.9 Å².